The highest BCUT2D eigenvalue weighted by Crippen LogP contribution is 2.49. The molecular formula is C16H20F2N2. The Labute approximate surface area is 117 Å². The quantitative estimate of drug-likeness (QED) is 0.842. The van der Waals surface area contributed by atoms with Crippen molar-refractivity contribution in [3.05, 3.63) is 29.0 Å². The molecule has 20 heavy (non-hydrogen) atoms. The minimum absolute atomic E-state index is 0.0459. The zero-order valence-corrected chi connectivity index (χ0v) is 12.1. The number of aromatic nitrogens is 2. The lowest BCUT2D eigenvalue weighted by Crippen LogP contribution is -2.32. The molecule has 1 heterocycles. The summed E-state index contributed by atoms with van der Waals surface area (Å²) in [5.41, 5.74) is 3.97. The van der Waals surface area contributed by atoms with Crippen LogP contribution >= 0.6 is 0 Å². The van der Waals surface area contributed by atoms with E-state index in [4.69, 9.17) is 0 Å². The Morgan fingerprint density at radius 2 is 2.20 bits per heavy atom. The van der Waals surface area contributed by atoms with Gasteiger partial charge in [0, 0.05) is 17.7 Å². The predicted molar refractivity (Wildman–Crippen MR) is 76.5 cm³/mol. The van der Waals surface area contributed by atoms with Crippen molar-refractivity contribution in [2.75, 3.05) is 0 Å². The molecule has 0 saturated heterocycles. The van der Waals surface area contributed by atoms with Gasteiger partial charge < -0.3 is 0 Å². The standard InChI is InChI=1S/C16H20F2N2/c1-4-12-15-10(5-6-16(12,17)18)7-13-11(8-19-20-13)14(15)9(2)3/h7-9,12H,4-6H2,1-3H3,(H,19,20). The highest BCUT2D eigenvalue weighted by atomic mass is 19.3. The summed E-state index contributed by atoms with van der Waals surface area (Å²) < 4.78 is 28.6. The molecule has 1 atom stereocenters. The number of rotatable bonds is 2. The zero-order valence-electron chi connectivity index (χ0n) is 12.1. The van der Waals surface area contributed by atoms with Crippen LogP contribution in [0.3, 0.4) is 0 Å². The van der Waals surface area contributed by atoms with Crippen LogP contribution in [0, 0.1) is 0 Å². The Kier molecular flexibility index (Phi) is 3.07. The maximum Gasteiger partial charge on any atom is 0.255 e. The lowest BCUT2D eigenvalue weighted by Gasteiger charge is -2.35. The normalized spacial score (nSPS) is 21.4. The van der Waals surface area contributed by atoms with Gasteiger partial charge in [0.15, 0.2) is 0 Å². The summed E-state index contributed by atoms with van der Waals surface area (Å²) in [6, 6.07) is 2.02. The largest absolute Gasteiger partial charge is 0.278 e. The van der Waals surface area contributed by atoms with Crippen LogP contribution in [0.1, 0.15) is 62.1 Å². The van der Waals surface area contributed by atoms with Gasteiger partial charge in [-0.25, -0.2) is 8.78 Å². The molecule has 108 valence electrons. The maximum atomic E-state index is 14.3. The molecule has 0 amide bonds. The monoisotopic (exact) mass is 278 g/mol. The first-order valence-electron chi connectivity index (χ1n) is 7.32. The van der Waals surface area contributed by atoms with Crippen LogP contribution in [0.25, 0.3) is 10.9 Å². The minimum Gasteiger partial charge on any atom is -0.278 e. The van der Waals surface area contributed by atoms with Crippen molar-refractivity contribution in [2.45, 2.75) is 57.8 Å². The fourth-order valence-electron chi connectivity index (χ4n) is 3.62. The Bertz CT molecular complexity index is 643. The van der Waals surface area contributed by atoms with Gasteiger partial charge in [-0.2, -0.15) is 5.10 Å². The van der Waals surface area contributed by atoms with Crippen molar-refractivity contribution in [1.29, 1.82) is 0 Å². The van der Waals surface area contributed by atoms with Crippen LogP contribution in [0.4, 0.5) is 8.78 Å². The average Bonchev–Trinajstić information content (AvgIpc) is 2.82. The minimum atomic E-state index is -2.59. The van der Waals surface area contributed by atoms with Gasteiger partial charge in [-0.05, 0) is 41.5 Å². The van der Waals surface area contributed by atoms with Crippen molar-refractivity contribution in [3.63, 3.8) is 0 Å². The summed E-state index contributed by atoms with van der Waals surface area (Å²) in [6.45, 7) is 6.00. The molecule has 0 spiro atoms. The molecule has 0 aliphatic heterocycles. The van der Waals surface area contributed by atoms with E-state index in [1.54, 1.807) is 6.20 Å². The van der Waals surface area contributed by atoms with Crippen LogP contribution in [0.15, 0.2) is 12.3 Å². The van der Waals surface area contributed by atoms with E-state index in [9.17, 15) is 8.78 Å². The number of benzene rings is 1. The number of nitrogens with one attached hydrogen (secondary N) is 1. The van der Waals surface area contributed by atoms with E-state index < -0.39 is 11.8 Å². The molecular weight excluding hydrogens is 258 g/mol. The number of aryl methyl sites for hydroxylation is 1. The van der Waals surface area contributed by atoms with Gasteiger partial charge >= 0.3 is 0 Å². The summed E-state index contributed by atoms with van der Waals surface area (Å²) in [5.74, 6) is -3.04. The second-order valence-corrected chi connectivity index (χ2v) is 6.07. The molecule has 0 fully saturated rings. The lowest BCUT2D eigenvalue weighted by molar-refractivity contribution is -0.0428. The molecule has 3 rings (SSSR count). The third-order valence-electron chi connectivity index (χ3n) is 4.49. The molecule has 2 aromatic rings. The molecule has 2 nitrogen and oxygen atoms in total. The number of hydrogen-bond donors (Lipinski definition) is 1. The molecule has 1 aliphatic carbocycles. The van der Waals surface area contributed by atoms with Crippen molar-refractivity contribution in [2.24, 2.45) is 0 Å². The Hall–Kier alpha value is -1.45. The Morgan fingerprint density at radius 1 is 1.45 bits per heavy atom. The number of aromatic amines is 1. The van der Waals surface area contributed by atoms with Crippen molar-refractivity contribution in [1.82, 2.24) is 10.2 Å². The Balaban J connectivity index is 2.34. The number of nitrogens with zero attached hydrogens (tertiary/aromatic N) is 1. The van der Waals surface area contributed by atoms with Gasteiger partial charge in [0.05, 0.1) is 11.7 Å². The van der Waals surface area contributed by atoms with E-state index in [1.165, 1.54) is 0 Å². The third kappa shape index (κ3) is 1.85. The van der Waals surface area contributed by atoms with Gasteiger partial charge in [-0.15, -0.1) is 0 Å². The number of halogens is 2. The molecule has 0 radical (unpaired) electrons. The highest BCUT2D eigenvalue weighted by Gasteiger charge is 2.44. The summed E-state index contributed by atoms with van der Waals surface area (Å²) >= 11 is 0. The number of hydrogen-bond acceptors (Lipinski definition) is 1. The first kappa shape index (κ1) is 13.5. The van der Waals surface area contributed by atoms with Crippen molar-refractivity contribution in [3.8, 4) is 0 Å². The lowest BCUT2D eigenvalue weighted by atomic mass is 9.73. The fourth-order valence-corrected chi connectivity index (χ4v) is 3.62. The molecule has 1 unspecified atom stereocenters. The van der Waals surface area contributed by atoms with Gasteiger partial charge in [-0.1, -0.05) is 20.8 Å². The van der Waals surface area contributed by atoms with Gasteiger partial charge in [0.1, 0.15) is 0 Å². The van der Waals surface area contributed by atoms with Gasteiger partial charge in [-0.3, -0.25) is 5.10 Å². The second-order valence-electron chi connectivity index (χ2n) is 6.07. The smallest absolute Gasteiger partial charge is 0.255 e. The average molecular weight is 278 g/mol. The third-order valence-corrected chi connectivity index (χ3v) is 4.49. The number of alkyl halides is 2. The zero-order chi connectivity index (χ0) is 14.5. The highest BCUT2D eigenvalue weighted by molar-refractivity contribution is 5.85. The van der Waals surface area contributed by atoms with E-state index in [0.717, 1.165) is 27.6 Å². The first-order chi connectivity index (χ1) is 9.45. The van der Waals surface area contributed by atoms with Crippen LogP contribution in [-0.2, 0) is 6.42 Å². The molecule has 0 saturated carbocycles. The van der Waals surface area contributed by atoms with E-state index in [-0.39, 0.29) is 12.3 Å². The van der Waals surface area contributed by atoms with E-state index in [0.29, 0.717) is 12.8 Å². The second kappa shape index (κ2) is 4.54. The summed E-state index contributed by atoms with van der Waals surface area (Å²) in [4.78, 5) is 0. The Morgan fingerprint density at radius 3 is 2.85 bits per heavy atom. The number of fused-ring (bicyclic) bond motifs is 2. The van der Waals surface area contributed by atoms with E-state index in [1.807, 2.05) is 13.0 Å². The molecule has 4 heteroatoms. The van der Waals surface area contributed by atoms with Gasteiger partial charge in [0.25, 0.3) is 5.92 Å². The topological polar surface area (TPSA) is 28.7 Å². The summed E-state index contributed by atoms with van der Waals surface area (Å²) in [5, 5.41) is 8.07. The van der Waals surface area contributed by atoms with Crippen LogP contribution in [-0.4, -0.2) is 16.1 Å². The molecule has 1 N–H and O–H groups in total. The van der Waals surface area contributed by atoms with E-state index in [2.05, 4.69) is 24.0 Å². The SMILES string of the molecule is CCC1c2c(cc3[nH]ncc3c2C(C)C)CCC1(F)F. The molecule has 1 aliphatic rings. The fraction of sp³-hybridized carbons (Fsp3) is 0.562. The predicted octanol–water partition coefficient (Wildman–Crippen LogP) is 4.76. The first-order valence-corrected chi connectivity index (χ1v) is 7.32. The summed E-state index contributed by atoms with van der Waals surface area (Å²) in [7, 11) is 0. The molecule has 1 aromatic heterocycles. The van der Waals surface area contributed by atoms with E-state index >= 15 is 0 Å². The van der Waals surface area contributed by atoms with Gasteiger partial charge in [0.2, 0.25) is 0 Å². The van der Waals surface area contributed by atoms with Crippen LogP contribution in [0.2, 0.25) is 0 Å². The molecule has 1 aromatic carbocycles. The molecule has 0 bridgehead atoms. The van der Waals surface area contributed by atoms with Crippen LogP contribution in [0.5, 0.6) is 0 Å². The maximum absolute atomic E-state index is 14.3. The summed E-state index contributed by atoms with van der Waals surface area (Å²) in [6.07, 6.45) is 2.65. The van der Waals surface area contributed by atoms with Crippen molar-refractivity contribution < 1.29 is 8.78 Å². The van der Waals surface area contributed by atoms with Crippen molar-refractivity contribution >= 4 is 10.9 Å². The van der Waals surface area contributed by atoms with Crippen LogP contribution < -0.4 is 0 Å². The number of H-pyrrole nitrogens is 1.